The molecule has 1 unspecified atom stereocenters. The molecule has 5 rings (SSSR count). The van der Waals surface area contributed by atoms with Crippen molar-refractivity contribution in [3.05, 3.63) is 54.7 Å². The van der Waals surface area contributed by atoms with Gasteiger partial charge in [-0.25, -0.2) is 9.97 Å². The van der Waals surface area contributed by atoms with Crippen molar-refractivity contribution in [1.29, 1.82) is 0 Å². The number of anilines is 4. The minimum absolute atomic E-state index is 0.0137. The molecule has 2 saturated heterocycles. The normalized spacial score (nSPS) is 17.6. The fourth-order valence-electron chi connectivity index (χ4n) is 4.50. The third-order valence-electron chi connectivity index (χ3n) is 6.35. The highest BCUT2D eigenvalue weighted by Gasteiger charge is 2.22. The summed E-state index contributed by atoms with van der Waals surface area (Å²) in [5.74, 6) is 1.34. The molecule has 188 valence electrons. The molecule has 0 saturated carbocycles. The lowest BCUT2D eigenvalue weighted by atomic mass is 10.1. The van der Waals surface area contributed by atoms with Crippen LogP contribution < -0.4 is 25.6 Å². The van der Waals surface area contributed by atoms with E-state index < -0.39 is 0 Å². The maximum Gasteiger partial charge on any atom is 0.241 e. The number of rotatable bonds is 8. The molecule has 3 N–H and O–H groups in total. The molecule has 3 heterocycles. The van der Waals surface area contributed by atoms with E-state index in [4.69, 9.17) is 14.5 Å². The summed E-state index contributed by atoms with van der Waals surface area (Å²) in [5.41, 5.74) is 4.42. The van der Waals surface area contributed by atoms with Crippen LogP contribution in [0.1, 0.15) is 19.8 Å². The standard InChI is InChI=1S/C27H32N6O3/c1-2-36-25-18-21(9-10-24(25)33-14-16-35-17-15-33)31-27-29-13-11-22(32-27)19-5-7-20(8-6-19)30-26(34)23-4-3-12-28-23/h5-11,13,18,23,28H,2-4,12,14-17H2,1H3,(H,30,34)(H,29,31,32). The van der Waals surface area contributed by atoms with E-state index in [-0.39, 0.29) is 11.9 Å². The Labute approximate surface area is 211 Å². The van der Waals surface area contributed by atoms with Crippen molar-refractivity contribution in [1.82, 2.24) is 15.3 Å². The summed E-state index contributed by atoms with van der Waals surface area (Å²) in [6.45, 7) is 6.59. The van der Waals surface area contributed by atoms with E-state index in [0.717, 1.165) is 79.8 Å². The Balaban J connectivity index is 1.28. The van der Waals surface area contributed by atoms with Crippen molar-refractivity contribution in [3.8, 4) is 17.0 Å². The van der Waals surface area contributed by atoms with Gasteiger partial charge in [0.05, 0.1) is 37.2 Å². The first-order valence-corrected chi connectivity index (χ1v) is 12.5. The number of carbonyl (C=O) groups is 1. The van der Waals surface area contributed by atoms with Gasteiger partial charge in [-0.05, 0) is 56.6 Å². The van der Waals surface area contributed by atoms with Crippen LogP contribution in [0.4, 0.5) is 23.0 Å². The molecule has 1 atom stereocenters. The van der Waals surface area contributed by atoms with Gasteiger partial charge in [-0.2, -0.15) is 0 Å². The Hall–Kier alpha value is -3.69. The smallest absolute Gasteiger partial charge is 0.241 e. The van der Waals surface area contributed by atoms with Gasteiger partial charge in [0, 0.05) is 42.3 Å². The second-order valence-corrected chi connectivity index (χ2v) is 8.82. The van der Waals surface area contributed by atoms with Crippen LogP contribution in [-0.4, -0.2) is 61.4 Å². The van der Waals surface area contributed by atoms with Crippen LogP contribution in [0.2, 0.25) is 0 Å². The van der Waals surface area contributed by atoms with Gasteiger partial charge in [0.1, 0.15) is 5.75 Å². The van der Waals surface area contributed by atoms with E-state index in [2.05, 4.69) is 31.9 Å². The summed E-state index contributed by atoms with van der Waals surface area (Å²) in [5, 5.41) is 9.50. The van der Waals surface area contributed by atoms with Gasteiger partial charge in [-0.15, -0.1) is 0 Å². The lowest BCUT2D eigenvalue weighted by molar-refractivity contribution is -0.117. The van der Waals surface area contributed by atoms with Gasteiger partial charge >= 0.3 is 0 Å². The van der Waals surface area contributed by atoms with Gasteiger partial charge in [-0.3, -0.25) is 4.79 Å². The Morgan fingerprint density at radius 1 is 1.14 bits per heavy atom. The molecular formula is C27H32N6O3. The van der Waals surface area contributed by atoms with Gasteiger partial charge in [0.15, 0.2) is 0 Å². The molecule has 9 nitrogen and oxygen atoms in total. The molecule has 1 aromatic heterocycles. The molecule has 0 radical (unpaired) electrons. The predicted octanol–water partition coefficient (Wildman–Crippen LogP) is 3.81. The largest absolute Gasteiger partial charge is 0.492 e. The number of hydrogen-bond donors (Lipinski definition) is 3. The lowest BCUT2D eigenvalue weighted by Crippen LogP contribution is -2.36. The van der Waals surface area contributed by atoms with Gasteiger partial charge in [0.25, 0.3) is 0 Å². The molecule has 0 aliphatic carbocycles. The van der Waals surface area contributed by atoms with Gasteiger partial charge in [-0.1, -0.05) is 12.1 Å². The molecule has 36 heavy (non-hydrogen) atoms. The molecule has 2 aromatic carbocycles. The molecule has 1 amide bonds. The Morgan fingerprint density at radius 2 is 1.94 bits per heavy atom. The number of benzene rings is 2. The molecule has 2 aliphatic heterocycles. The van der Waals surface area contributed by atoms with Gasteiger partial charge in [0.2, 0.25) is 11.9 Å². The van der Waals surface area contributed by atoms with Crippen LogP contribution in [0.3, 0.4) is 0 Å². The number of amides is 1. The van der Waals surface area contributed by atoms with Crippen molar-refractivity contribution in [2.45, 2.75) is 25.8 Å². The van der Waals surface area contributed by atoms with E-state index in [1.807, 2.05) is 49.4 Å². The Morgan fingerprint density at radius 3 is 2.69 bits per heavy atom. The summed E-state index contributed by atoms with van der Waals surface area (Å²) in [6.07, 6.45) is 3.65. The molecule has 3 aromatic rings. The topological polar surface area (TPSA) is 101 Å². The number of ether oxygens (including phenoxy) is 2. The maximum absolute atomic E-state index is 12.3. The average molecular weight is 489 g/mol. The van der Waals surface area contributed by atoms with Crippen molar-refractivity contribution in [3.63, 3.8) is 0 Å². The van der Waals surface area contributed by atoms with Crippen LogP contribution in [0.15, 0.2) is 54.7 Å². The number of aromatic nitrogens is 2. The van der Waals surface area contributed by atoms with E-state index in [1.165, 1.54) is 0 Å². The van der Waals surface area contributed by atoms with Crippen molar-refractivity contribution >= 4 is 28.9 Å². The highest BCUT2D eigenvalue weighted by Crippen LogP contribution is 2.33. The quantitative estimate of drug-likeness (QED) is 0.440. The number of morpholine rings is 1. The first kappa shape index (κ1) is 24.0. The SMILES string of the molecule is CCOc1cc(Nc2nccc(-c3ccc(NC(=O)C4CCCN4)cc3)n2)ccc1N1CCOCC1. The second-order valence-electron chi connectivity index (χ2n) is 8.82. The fourth-order valence-corrected chi connectivity index (χ4v) is 4.50. The van der Waals surface area contributed by atoms with Crippen molar-refractivity contribution < 1.29 is 14.3 Å². The van der Waals surface area contributed by atoms with Crippen molar-refractivity contribution in [2.24, 2.45) is 0 Å². The van der Waals surface area contributed by atoms with Crippen LogP contribution in [0.5, 0.6) is 5.75 Å². The van der Waals surface area contributed by atoms with Crippen LogP contribution in [0, 0.1) is 0 Å². The van der Waals surface area contributed by atoms with Crippen LogP contribution >= 0.6 is 0 Å². The summed E-state index contributed by atoms with van der Waals surface area (Å²) < 4.78 is 11.4. The molecule has 0 spiro atoms. The van der Waals surface area contributed by atoms with E-state index in [1.54, 1.807) is 6.20 Å². The Bertz CT molecular complexity index is 1170. The van der Waals surface area contributed by atoms with E-state index >= 15 is 0 Å². The second kappa shape index (κ2) is 11.4. The average Bonchev–Trinajstić information content (AvgIpc) is 3.46. The number of hydrogen-bond acceptors (Lipinski definition) is 8. The lowest BCUT2D eigenvalue weighted by Gasteiger charge is -2.30. The minimum Gasteiger partial charge on any atom is -0.492 e. The summed E-state index contributed by atoms with van der Waals surface area (Å²) in [4.78, 5) is 23.7. The monoisotopic (exact) mass is 488 g/mol. The minimum atomic E-state index is -0.105. The third kappa shape index (κ3) is 5.75. The molecule has 0 bridgehead atoms. The molecule has 2 fully saturated rings. The highest BCUT2D eigenvalue weighted by atomic mass is 16.5. The van der Waals surface area contributed by atoms with E-state index in [0.29, 0.717) is 12.6 Å². The zero-order valence-corrected chi connectivity index (χ0v) is 20.5. The first-order chi connectivity index (χ1) is 17.7. The highest BCUT2D eigenvalue weighted by molar-refractivity contribution is 5.95. The number of carbonyl (C=O) groups excluding carboxylic acids is 1. The maximum atomic E-state index is 12.3. The molecular weight excluding hydrogens is 456 g/mol. The summed E-state index contributed by atoms with van der Waals surface area (Å²) in [6, 6.07) is 15.5. The molecule has 9 heteroatoms. The number of nitrogens with one attached hydrogen (secondary N) is 3. The zero-order valence-electron chi connectivity index (χ0n) is 20.5. The van der Waals surface area contributed by atoms with Crippen LogP contribution in [-0.2, 0) is 9.53 Å². The van der Waals surface area contributed by atoms with Gasteiger partial charge < -0.3 is 30.3 Å². The van der Waals surface area contributed by atoms with Crippen molar-refractivity contribution in [2.75, 3.05) is 55.0 Å². The summed E-state index contributed by atoms with van der Waals surface area (Å²) in [7, 11) is 0. The first-order valence-electron chi connectivity index (χ1n) is 12.5. The number of nitrogens with zero attached hydrogens (tertiary/aromatic N) is 3. The Kier molecular flexibility index (Phi) is 7.58. The predicted molar refractivity (Wildman–Crippen MR) is 141 cm³/mol. The molecule has 2 aliphatic rings. The third-order valence-corrected chi connectivity index (χ3v) is 6.35. The zero-order chi connectivity index (χ0) is 24.7. The van der Waals surface area contributed by atoms with E-state index in [9.17, 15) is 4.79 Å². The fraction of sp³-hybridized carbons (Fsp3) is 0.370. The van der Waals surface area contributed by atoms with Crippen LogP contribution in [0.25, 0.3) is 11.3 Å². The summed E-state index contributed by atoms with van der Waals surface area (Å²) >= 11 is 0.